The van der Waals surface area contributed by atoms with Crippen LogP contribution in [0.5, 0.6) is 23.5 Å². The molecule has 0 spiro atoms. The number of hydrogen-bond acceptors (Lipinski definition) is 9. The number of rotatable bonds is 17. The van der Waals surface area contributed by atoms with Gasteiger partial charge < -0.3 is 34.5 Å². The minimum atomic E-state index is 0.0509. The first-order valence-electron chi connectivity index (χ1n) is 14.3. The predicted molar refractivity (Wildman–Crippen MR) is 171 cm³/mol. The highest BCUT2D eigenvalue weighted by atomic mass is 35.5. The summed E-state index contributed by atoms with van der Waals surface area (Å²) in [6.45, 7) is 1.59. The van der Waals surface area contributed by atoms with Gasteiger partial charge in [0.15, 0.2) is 0 Å². The van der Waals surface area contributed by atoms with E-state index in [4.69, 9.17) is 52.4 Å². The molecule has 4 rings (SSSR count). The van der Waals surface area contributed by atoms with Crippen molar-refractivity contribution in [2.24, 2.45) is 0 Å². The number of nitrogens with one attached hydrogen (secondary N) is 1. The van der Waals surface area contributed by atoms with Crippen molar-refractivity contribution >= 4 is 23.2 Å². The Morgan fingerprint density at radius 2 is 1.20 bits per heavy atom. The Morgan fingerprint density at radius 3 is 1.73 bits per heavy atom. The van der Waals surface area contributed by atoms with Crippen molar-refractivity contribution in [3.05, 3.63) is 93.0 Å². The molecule has 0 aliphatic heterocycles. The third-order valence-corrected chi connectivity index (χ3v) is 7.76. The van der Waals surface area contributed by atoms with Gasteiger partial charge in [0, 0.05) is 65.2 Å². The molecule has 0 radical (unpaired) electrons. The van der Waals surface area contributed by atoms with E-state index in [1.807, 2.05) is 48.5 Å². The molecule has 0 aliphatic carbocycles. The molecule has 0 fully saturated rings. The SMILES string of the molecule is COc1nc(OCc2cccc(-c3cccc(COc4ccc(CNCCO)c(OC)n4)c3Cl)c2Cl)ccc1CCCCO. The molecule has 0 saturated carbocycles. The first-order chi connectivity index (χ1) is 21.5. The number of benzene rings is 2. The van der Waals surface area contributed by atoms with Crippen LogP contribution in [0.3, 0.4) is 0 Å². The van der Waals surface area contributed by atoms with E-state index in [2.05, 4.69) is 15.3 Å². The van der Waals surface area contributed by atoms with Gasteiger partial charge >= 0.3 is 0 Å². The molecular weight excluding hydrogens is 605 g/mol. The van der Waals surface area contributed by atoms with E-state index in [9.17, 15) is 0 Å². The molecule has 2 aromatic carbocycles. The van der Waals surface area contributed by atoms with Gasteiger partial charge in [0.25, 0.3) is 0 Å². The van der Waals surface area contributed by atoms with Gasteiger partial charge in [-0.05, 0) is 31.4 Å². The van der Waals surface area contributed by atoms with Crippen LogP contribution in [0.4, 0.5) is 0 Å². The fraction of sp³-hybridized carbons (Fsp3) is 0.333. The molecule has 0 amide bonds. The average Bonchev–Trinajstić information content (AvgIpc) is 3.05. The normalized spacial score (nSPS) is 11.0. The molecule has 3 N–H and O–H groups in total. The Hall–Kier alpha value is -3.60. The Bertz CT molecular complexity index is 1410. The zero-order valence-corrected chi connectivity index (χ0v) is 26.3. The molecule has 4 aromatic rings. The van der Waals surface area contributed by atoms with Crippen molar-refractivity contribution in [2.45, 2.75) is 39.0 Å². The van der Waals surface area contributed by atoms with Gasteiger partial charge in [-0.3, -0.25) is 0 Å². The summed E-state index contributed by atoms with van der Waals surface area (Å²) in [5.74, 6) is 1.77. The molecule has 234 valence electrons. The van der Waals surface area contributed by atoms with Crippen LogP contribution in [-0.2, 0) is 26.2 Å². The third kappa shape index (κ3) is 8.74. The third-order valence-electron chi connectivity index (χ3n) is 6.87. The summed E-state index contributed by atoms with van der Waals surface area (Å²) in [5, 5.41) is 22.2. The van der Waals surface area contributed by atoms with Gasteiger partial charge in [-0.25, -0.2) is 0 Å². The van der Waals surface area contributed by atoms with E-state index in [0.717, 1.165) is 52.6 Å². The molecule has 2 aromatic heterocycles. The summed E-state index contributed by atoms with van der Waals surface area (Å²) in [4.78, 5) is 8.94. The van der Waals surface area contributed by atoms with Crippen molar-refractivity contribution in [1.82, 2.24) is 15.3 Å². The number of hydrogen-bond donors (Lipinski definition) is 3. The highest BCUT2D eigenvalue weighted by Crippen LogP contribution is 2.37. The van der Waals surface area contributed by atoms with Gasteiger partial charge in [-0.15, -0.1) is 0 Å². The lowest BCUT2D eigenvalue weighted by Gasteiger charge is -2.15. The molecule has 0 unspecified atom stereocenters. The number of methoxy groups -OCH3 is 2. The molecule has 0 bridgehead atoms. The molecule has 0 aliphatic rings. The van der Waals surface area contributed by atoms with Gasteiger partial charge in [-0.2, -0.15) is 9.97 Å². The van der Waals surface area contributed by atoms with E-state index in [-0.39, 0.29) is 26.4 Å². The quantitative estimate of drug-likeness (QED) is 0.119. The Morgan fingerprint density at radius 1 is 0.659 bits per heavy atom. The summed E-state index contributed by atoms with van der Waals surface area (Å²) in [7, 11) is 3.13. The predicted octanol–water partition coefficient (Wildman–Crippen LogP) is 6.02. The molecule has 44 heavy (non-hydrogen) atoms. The maximum absolute atomic E-state index is 9.05. The summed E-state index contributed by atoms with van der Waals surface area (Å²) in [6.07, 6.45) is 2.33. The lowest BCUT2D eigenvalue weighted by atomic mass is 10.0. The Labute approximate surface area is 267 Å². The van der Waals surface area contributed by atoms with Crippen LogP contribution < -0.4 is 24.3 Å². The smallest absolute Gasteiger partial charge is 0.220 e. The molecular formula is C33H37Cl2N3O6. The highest BCUT2D eigenvalue weighted by molar-refractivity contribution is 6.37. The van der Waals surface area contributed by atoms with Gasteiger partial charge in [-0.1, -0.05) is 59.6 Å². The first-order valence-corrected chi connectivity index (χ1v) is 15.1. The standard InChI is InChI=1S/C33H37Cl2N3O6/c1-41-32-22(7-3-4-17-39)12-14-28(37-32)43-20-24-8-5-10-26(30(24)34)27-11-6-9-25(31(27)35)21-44-29-15-13-23(19-36-16-18-40)33(38-29)42-2/h5-6,8-15,36,39-40H,3-4,7,16-21H2,1-2H3. The average molecular weight is 643 g/mol. The molecule has 0 atom stereocenters. The zero-order chi connectivity index (χ0) is 31.3. The van der Waals surface area contributed by atoms with Crippen LogP contribution in [-0.4, -0.2) is 54.2 Å². The number of unbranched alkanes of at least 4 members (excludes halogenated alkanes) is 1. The van der Waals surface area contributed by atoms with Gasteiger partial charge in [0.2, 0.25) is 23.5 Å². The van der Waals surface area contributed by atoms with Crippen LogP contribution in [0.1, 0.15) is 35.1 Å². The highest BCUT2D eigenvalue weighted by Gasteiger charge is 2.16. The Kier molecular flexibility index (Phi) is 12.9. The van der Waals surface area contributed by atoms with Gasteiger partial charge in [0.05, 0.1) is 30.9 Å². The molecule has 9 nitrogen and oxygen atoms in total. The fourth-order valence-electron chi connectivity index (χ4n) is 4.58. The summed E-state index contributed by atoms with van der Waals surface area (Å²) < 4.78 is 22.8. The van der Waals surface area contributed by atoms with E-state index in [1.165, 1.54) is 0 Å². The van der Waals surface area contributed by atoms with Crippen molar-refractivity contribution < 1.29 is 29.2 Å². The van der Waals surface area contributed by atoms with E-state index >= 15 is 0 Å². The lowest BCUT2D eigenvalue weighted by molar-refractivity contribution is 0.282. The maximum atomic E-state index is 9.05. The largest absolute Gasteiger partial charge is 0.481 e. The molecule has 0 saturated heterocycles. The van der Waals surface area contributed by atoms with Crippen molar-refractivity contribution in [3.8, 4) is 34.6 Å². The first kappa shape index (κ1) is 33.3. The van der Waals surface area contributed by atoms with Crippen molar-refractivity contribution in [3.63, 3.8) is 0 Å². The monoisotopic (exact) mass is 641 g/mol. The summed E-state index contributed by atoms with van der Waals surface area (Å²) in [5.41, 5.74) is 4.90. The number of nitrogens with zero attached hydrogens (tertiary/aromatic N) is 2. The van der Waals surface area contributed by atoms with E-state index in [0.29, 0.717) is 46.7 Å². The fourth-order valence-corrected chi connectivity index (χ4v) is 5.14. The van der Waals surface area contributed by atoms with Crippen molar-refractivity contribution in [1.29, 1.82) is 0 Å². The number of pyridine rings is 2. The summed E-state index contributed by atoms with van der Waals surface area (Å²) in [6, 6.07) is 18.8. The number of aliphatic hydroxyl groups excluding tert-OH is 2. The second-order valence-electron chi connectivity index (χ2n) is 9.85. The van der Waals surface area contributed by atoms with Gasteiger partial charge in [0.1, 0.15) is 13.2 Å². The summed E-state index contributed by atoms with van der Waals surface area (Å²) >= 11 is 13.8. The van der Waals surface area contributed by atoms with Crippen molar-refractivity contribution in [2.75, 3.05) is 34.0 Å². The lowest BCUT2D eigenvalue weighted by Crippen LogP contribution is -2.18. The maximum Gasteiger partial charge on any atom is 0.220 e. The number of halogens is 2. The topological polar surface area (TPSA) is 115 Å². The minimum absolute atomic E-state index is 0.0509. The van der Waals surface area contributed by atoms with E-state index < -0.39 is 0 Å². The Balaban J connectivity index is 1.45. The second-order valence-corrected chi connectivity index (χ2v) is 10.6. The molecule has 2 heterocycles. The number of ether oxygens (including phenoxy) is 4. The number of aryl methyl sites for hydroxylation is 1. The van der Waals surface area contributed by atoms with E-state index in [1.54, 1.807) is 26.4 Å². The second kappa shape index (κ2) is 17.0. The van der Waals surface area contributed by atoms with Crippen LogP contribution >= 0.6 is 23.2 Å². The van der Waals surface area contributed by atoms with Crippen LogP contribution in [0, 0.1) is 0 Å². The van der Waals surface area contributed by atoms with Crippen LogP contribution in [0.2, 0.25) is 10.0 Å². The van der Waals surface area contributed by atoms with Crippen LogP contribution in [0.15, 0.2) is 60.7 Å². The minimum Gasteiger partial charge on any atom is -0.481 e. The zero-order valence-electron chi connectivity index (χ0n) is 24.8. The number of aromatic nitrogens is 2. The molecule has 11 heteroatoms. The number of aliphatic hydroxyl groups is 2. The van der Waals surface area contributed by atoms with Crippen LogP contribution in [0.25, 0.3) is 11.1 Å².